The van der Waals surface area contributed by atoms with Crippen LogP contribution in [0.25, 0.3) is 0 Å². The highest BCUT2D eigenvalue weighted by molar-refractivity contribution is 7.92. The molecule has 0 radical (unpaired) electrons. The largest absolute Gasteiger partial charge is 0.370 e. The van der Waals surface area contributed by atoms with Crippen molar-refractivity contribution in [2.45, 2.75) is 31.6 Å². The molecule has 0 aromatic carbocycles. The molecule has 22 heavy (non-hydrogen) atoms. The van der Waals surface area contributed by atoms with Gasteiger partial charge in [-0.1, -0.05) is 0 Å². The first kappa shape index (κ1) is 14.8. The number of aromatic nitrogens is 3. The van der Waals surface area contributed by atoms with E-state index < -0.39 is 10.0 Å². The molecule has 2 aromatic heterocycles. The molecule has 0 bridgehead atoms. The van der Waals surface area contributed by atoms with Crippen LogP contribution in [-0.2, 0) is 10.0 Å². The van der Waals surface area contributed by atoms with E-state index in [2.05, 4.69) is 24.8 Å². The minimum Gasteiger partial charge on any atom is -0.370 e. The van der Waals surface area contributed by atoms with Gasteiger partial charge in [-0.15, -0.1) is 0 Å². The van der Waals surface area contributed by atoms with Gasteiger partial charge in [-0.3, -0.25) is 9.82 Å². The van der Waals surface area contributed by atoms with Crippen LogP contribution in [0.2, 0.25) is 0 Å². The summed E-state index contributed by atoms with van der Waals surface area (Å²) in [6.45, 7) is 5.39. The molecular formula is C14H19N5O2S. The van der Waals surface area contributed by atoms with Crippen molar-refractivity contribution in [1.82, 2.24) is 15.2 Å². The molecule has 2 aromatic rings. The maximum absolute atomic E-state index is 12.4. The summed E-state index contributed by atoms with van der Waals surface area (Å²) in [6.07, 6.45) is 4.08. The highest BCUT2D eigenvalue weighted by atomic mass is 32.2. The fourth-order valence-corrected chi connectivity index (χ4v) is 4.12. The van der Waals surface area contributed by atoms with Gasteiger partial charge in [0.25, 0.3) is 10.0 Å². The topological polar surface area (TPSA) is 91.0 Å². The number of aromatic amines is 1. The molecule has 1 saturated heterocycles. The number of anilines is 2. The van der Waals surface area contributed by atoms with Crippen LogP contribution in [0.5, 0.6) is 0 Å². The Balaban J connectivity index is 1.80. The van der Waals surface area contributed by atoms with Crippen LogP contribution in [0, 0.1) is 13.8 Å². The average molecular weight is 321 g/mol. The van der Waals surface area contributed by atoms with Crippen molar-refractivity contribution in [2.24, 2.45) is 0 Å². The maximum atomic E-state index is 12.4. The number of rotatable bonds is 4. The van der Waals surface area contributed by atoms with E-state index in [1.807, 2.05) is 6.07 Å². The average Bonchev–Trinajstić information content (AvgIpc) is 3.09. The molecule has 2 N–H and O–H groups in total. The highest BCUT2D eigenvalue weighted by Gasteiger charge is 2.23. The quantitative estimate of drug-likeness (QED) is 0.896. The smallest absolute Gasteiger partial charge is 0.266 e. The van der Waals surface area contributed by atoms with Crippen molar-refractivity contribution >= 4 is 21.5 Å². The molecule has 1 fully saturated rings. The third-order valence-corrected chi connectivity index (χ3v) is 5.40. The van der Waals surface area contributed by atoms with E-state index in [1.165, 1.54) is 12.8 Å². The zero-order valence-corrected chi connectivity index (χ0v) is 13.4. The second kappa shape index (κ2) is 5.60. The van der Waals surface area contributed by atoms with Gasteiger partial charge < -0.3 is 4.90 Å². The minimum atomic E-state index is -3.68. The molecule has 7 nitrogen and oxygen atoms in total. The van der Waals surface area contributed by atoms with Gasteiger partial charge in [-0.2, -0.15) is 5.10 Å². The van der Waals surface area contributed by atoms with Crippen molar-refractivity contribution in [3.05, 3.63) is 29.7 Å². The number of hydrogen-bond donors (Lipinski definition) is 2. The molecule has 3 rings (SSSR count). The second-order valence-electron chi connectivity index (χ2n) is 5.46. The third kappa shape index (κ3) is 2.78. The second-order valence-corrected chi connectivity index (χ2v) is 7.08. The first-order valence-electron chi connectivity index (χ1n) is 7.23. The van der Waals surface area contributed by atoms with Crippen molar-refractivity contribution in [2.75, 3.05) is 22.7 Å². The van der Waals surface area contributed by atoms with E-state index >= 15 is 0 Å². The summed E-state index contributed by atoms with van der Waals surface area (Å²) in [5.41, 5.74) is 1.98. The molecule has 3 heterocycles. The Morgan fingerprint density at radius 1 is 1.23 bits per heavy atom. The standard InChI is InChI=1S/C14H19N5O2S/c1-10-14(11(2)17-16-10)22(20,21)18-13-6-5-12(9-15-13)19-7-3-4-8-19/h5-6,9H,3-4,7-8H2,1-2H3,(H,15,18)(H,16,17). The Morgan fingerprint density at radius 3 is 2.50 bits per heavy atom. The number of hydrogen-bond acceptors (Lipinski definition) is 5. The van der Waals surface area contributed by atoms with Crippen molar-refractivity contribution < 1.29 is 8.42 Å². The molecule has 0 unspecified atom stereocenters. The van der Waals surface area contributed by atoms with Crippen LogP contribution >= 0.6 is 0 Å². The van der Waals surface area contributed by atoms with E-state index in [4.69, 9.17) is 0 Å². The van der Waals surface area contributed by atoms with Gasteiger partial charge in [-0.05, 0) is 38.8 Å². The van der Waals surface area contributed by atoms with Crippen molar-refractivity contribution in [1.29, 1.82) is 0 Å². The van der Waals surface area contributed by atoms with E-state index in [9.17, 15) is 8.42 Å². The van der Waals surface area contributed by atoms with E-state index in [1.54, 1.807) is 26.1 Å². The van der Waals surface area contributed by atoms with Gasteiger partial charge in [0.05, 0.1) is 23.3 Å². The number of H-pyrrole nitrogens is 1. The lowest BCUT2D eigenvalue weighted by Crippen LogP contribution is -2.18. The maximum Gasteiger partial charge on any atom is 0.266 e. The summed E-state index contributed by atoms with van der Waals surface area (Å²) >= 11 is 0. The third-order valence-electron chi connectivity index (χ3n) is 3.79. The van der Waals surface area contributed by atoms with Crippen LogP contribution in [0.15, 0.2) is 23.2 Å². The lowest BCUT2D eigenvalue weighted by atomic mass is 10.4. The molecule has 8 heteroatoms. The number of nitrogens with zero attached hydrogens (tertiary/aromatic N) is 3. The van der Waals surface area contributed by atoms with E-state index in [-0.39, 0.29) is 4.90 Å². The molecule has 1 aliphatic heterocycles. The Labute approximate surface area is 129 Å². The SMILES string of the molecule is Cc1n[nH]c(C)c1S(=O)(=O)Nc1ccc(N2CCCC2)cn1. The van der Waals surface area contributed by atoms with Gasteiger partial charge in [0, 0.05) is 13.1 Å². The molecule has 118 valence electrons. The van der Waals surface area contributed by atoms with Gasteiger partial charge in [0.15, 0.2) is 0 Å². The Kier molecular flexibility index (Phi) is 3.78. The first-order chi connectivity index (χ1) is 10.5. The van der Waals surface area contributed by atoms with Gasteiger partial charge in [0.1, 0.15) is 10.7 Å². The minimum absolute atomic E-state index is 0.179. The number of sulfonamides is 1. The van der Waals surface area contributed by atoms with Crippen LogP contribution in [0.4, 0.5) is 11.5 Å². The molecule has 0 aliphatic carbocycles. The van der Waals surface area contributed by atoms with E-state index in [0.717, 1.165) is 18.8 Å². The first-order valence-corrected chi connectivity index (χ1v) is 8.71. The monoisotopic (exact) mass is 321 g/mol. The van der Waals surface area contributed by atoms with Gasteiger partial charge in [-0.25, -0.2) is 13.4 Å². The number of aryl methyl sites for hydroxylation is 2. The zero-order chi connectivity index (χ0) is 15.7. The number of nitrogens with one attached hydrogen (secondary N) is 2. The molecular weight excluding hydrogens is 302 g/mol. The summed E-state index contributed by atoms with van der Waals surface area (Å²) in [5.74, 6) is 0.308. The predicted octanol–water partition coefficient (Wildman–Crippen LogP) is 1.82. The Hall–Kier alpha value is -2.09. The Morgan fingerprint density at radius 2 is 1.95 bits per heavy atom. The molecule has 0 atom stereocenters. The van der Waals surface area contributed by atoms with Crippen LogP contribution < -0.4 is 9.62 Å². The van der Waals surface area contributed by atoms with Gasteiger partial charge in [0.2, 0.25) is 0 Å². The Bertz CT molecular complexity index is 742. The molecule has 0 spiro atoms. The highest BCUT2D eigenvalue weighted by Crippen LogP contribution is 2.23. The molecule has 1 aliphatic rings. The van der Waals surface area contributed by atoms with Crippen LogP contribution in [-0.4, -0.2) is 36.7 Å². The predicted molar refractivity (Wildman–Crippen MR) is 84.6 cm³/mol. The number of pyridine rings is 1. The van der Waals surface area contributed by atoms with Crippen molar-refractivity contribution in [3.8, 4) is 0 Å². The summed E-state index contributed by atoms with van der Waals surface area (Å²) in [4.78, 5) is 6.64. The van der Waals surface area contributed by atoms with Gasteiger partial charge >= 0.3 is 0 Å². The summed E-state index contributed by atoms with van der Waals surface area (Å²) in [6, 6.07) is 3.58. The lowest BCUT2D eigenvalue weighted by molar-refractivity contribution is 0.600. The summed E-state index contributed by atoms with van der Waals surface area (Å²) in [7, 11) is -3.68. The van der Waals surface area contributed by atoms with Crippen LogP contribution in [0.1, 0.15) is 24.2 Å². The molecule has 0 amide bonds. The zero-order valence-electron chi connectivity index (χ0n) is 12.6. The normalized spacial score (nSPS) is 15.3. The van der Waals surface area contributed by atoms with Crippen LogP contribution in [0.3, 0.4) is 0 Å². The lowest BCUT2D eigenvalue weighted by Gasteiger charge is -2.17. The fraction of sp³-hybridized carbons (Fsp3) is 0.429. The summed E-state index contributed by atoms with van der Waals surface area (Å²) in [5, 5.41) is 6.60. The van der Waals surface area contributed by atoms with E-state index in [0.29, 0.717) is 17.2 Å². The van der Waals surface area contributed by atoms with Crippen molar-refractivity contribution in [3.63, 3.8) is 0 Å². The summed E-state index contributed by atoms with van der Waals surface area (Å²) < 4.78 is 27.4. The fourth-order valence-electron chi connectivity index (χ4n) is 2.73. The molecule has 0 saturated carbocycles.